The zero-order valence-electron chi connectivity index (χ0n) is 12.7. The molecule has 0 aliphatic carbocycles. The van der Waals surface area contributed by atoms with E-state index in [0.717, 1.165) is 13.1 Å². The third kappa shape index (κ3) is 2.68. The van der Waals surface area contributed by atoms with E-state index in [1.165, 1.54) is 4.31 Å². The molecule has 2 N–H and O–H groups in total. The molecule has 0 radical (unpaired) electrons. The van der Waals surface area contributed by atoms with Crippen molar-refractivity contribution in [2.45, 2.75) is 36.5 Å². The number of hydrogen-bond donors (Lipinski definition) is 2. The van der Waals surface area contributed by atoms with Crippen molar-refractivity contribution in [3.8, 4) is 0 Å². The molecule has 0 bridgehead atoms. The van der Waals surface area contributed by atoms with E-state index >= 15 is 0 Å². The van der Waals surface area contributed by atoms with Gasteiger partial charge in [-0.1, -0.05) is 12.1 Å². The van der Waals surface area contributed by atoms with Crippen LogP contribution in [-0.4, -0.2) is 49.8 Å². The summed E-state index contributed by atoms with van der Waals surface area (Å²) in [6, 6.07) is 6.43. The van der Waals surface area contributed by atoms with E-state index in [1.54, 1.807) is 31.2 Å². The van der Waals surface area contributed by atoms with Crippen LogP contribution in [0.5, 0.6) is 0 Å². The molecule has 1 aromatic carbocycles. The lowest BCUT2D eigenvalue weighted by Crippen LogP contribution is -2.53. The fourth-order valence-corrected chi connectivity index (χ4v) is 4.91. The quantitative estimate of drug-likeness (QED) is 0.860. The number of ether oxygens (including phenoxy) is 1. The summed E-state index contributed by atoms with van der Waals surface area (Å²) in [5.74, 6) is 0. The molecule has 2 aliphatic heterocycles. The highest BCUT2D eigenvalue weighted by Crippen LogP contribution is 2.36. The van der Waals surface area contributed by atoms with Gasteiger partial charge in [-0.25, -0.2) is 8.42 Å². The molecule has 1 aromatic rings. The van der Waals surface area contributed by atoms with Crippen molar-refractivity contribution >= 4 is 10.0 Å². The largest absolute Gasteiger partial charge is 0.389 e. The molecule has 6 nitrogen and oxygen atoms in total. The minimum absolute atomic E-state index is 0.250. The van der Waals surface area contributed by atoms with Crippen molar-refractivity contribution in [1.82, 2.24) is 9.62 Å². The molecule has 0 amide bonds. The minimum atomic E-state index is -3.59. The van der Waals surface area contributed by atoms with Gasteiger partial charge in [0, 0.05) is 19.4 Å². The molecule has 2 aliphatic rings. The number of piperidine rings is 1. The van der Waals surface area contributed by atoms with E-state index in [9.17, 15) is 13.5 Å². The first-order valence-electron chi connectivity index (χ1n) is 7.61. The molecule has 0 saturated carbocycles. The Bertz CT molecular complexity index is 621. The van der Waals surface area contributed by atoms with Gasteiger partial charge in [0.1, 0.15) is 5.72 Å². The number of hydrogen-bond acceptors (Lipinski definition) is 5. The van der Waals surface area contributed by atoms with Crippen LogP contribution in [0.2, 0.25) is 0 Å². The second-order valence-corrected chi connectivity index (χ2v) is 7.73. The Morgan fingerprint density at radius 1 is 1.27 bits per heavy atom. The summed E-state index contributed by atoms with van der Waals surface area (Å²) >= 11 is 0. The molecule has 1 atom stereocenters. The molecule has 1 spiro atoms. The molecule has 7 heteroatoms. The zero-order chi connectivity index (χ0) is 15.8. The zero-order valence-corrected chi connectivity index (χ0v) is 13.5. The SMILES string of the molecule is CC(O)c1ccc(S(=O)(=O)N2CCOC23CCNCC3)cc1. The normalized spacial score (nSPS) is 23.7. The number of nitrogens with one attached hydrogen (secondary N) is 1. The van der Waals surface area contributed by atoms with Gasteiger partial charge in [0.2, 0.25) is 10.0 Å². The molecule has 2 fully saturated rings. The monoisotopic (exact) mass is 326 g/mol. The maximum Gasteiger partial charge on any atom is 0.245 e. The Hall–Kier alpha value is -0.990. The molecule has 22 heavy (non-hydrogen) atoms. The third-order valence-corrected chi connectivity index (χ3v) is 6.42. The lowest BCUT2D eigenvalue weighted by atomic mass is 10.0. The highest BCUT2D eigenvalue weighted by Gasteiger charge is 2.49. The topological polar surface area (TPSA) is 78.9 Å². The Labute approximate surface area is 131 Å². The van der Waals surface area contributed by atoms with E-state index < -0.39 is 21.9 Å². The van der Waals surface area contributed by atoms with Crippen molar-refractivity contribution < 1.29 is 18.3 Å². The van der Waals surface area contributed by atoms with Crippen LogP contribution in [0.3, 0.4) is 0 Å². The number of nitrogens with zero attached hydrogens (tertiary/aromatic N) is 1. The fraction of sp³-hybridized carbons (Fsp3) is 0.600. The number of aliphatic hydroxyl groups excluding tert-OH is 1. The lowest BCUT2D eigenvalue weighted by Gasteiger charge is -2.39. The Kier molecular flexibility index (Phi) is 4.26. The number of benzene rings is 1. The first-order chi connectivity index (χ1) is 10.5. The molecule has 3 rings (SSSR count). The summed E-state index contributed by atoms with van der Waals surface area (Å²) in [6.07, 6.45) is 0.721. The van der Waals surface area contributed by atoms with Gasteiger partial charge in [-0.05, 0) is 37.7 Å². The van der Waals surface area contributed by atoms with Gasteiger partial charge in [-0.2, -0.15) is 4.31 Å². The first-order valence-corrected chi connectivity index (χ1v) is 9.05. The van der Waals surface area contributed by atoms with Gasteiger partial charge in [-0.3, -0.25) is 0 Å². The summed E-state index contributed by atoms with van der Waals surface area (Å²) in [4.78, 5) is 0.250. The summed E-state index contributed by atoms with van der Waals surface area (Å²) in [5.41, 5.74) is 0.000674. The van der Waals surface area contributed by atoms with E-state index in [-0.39, 0.29) is 4.90 Å². The van der Waals surface area contributed by atoms with Crippen molar-refractivity contribution in [3.05, 3.63) is 29.8 Å². The predicted octanol–water partition coefficient (Wildman–Crippen LogP) is 0.841. The van der Waals surface area contributed by atoms with E-state index in [4.69, 9.17) is 4.74 Å². The Morgan fingerprint density at radius 2 is 1.91 bits per heavy atom. The second kappa shape index (κ2) is 5.90. The molecule has 1 unspecified atom stereocenters. The summed E-state index contributed by atoms with van der Waals surface area (Å²) in [5, 5.41) is 12.8. The van der Waals surface area contributed by atoms with Gasteiger partial charge < -0.3 is 15.2 Å². The molecule has 122 valence electrons. The van der Waals surface area contributed by atoms with Gasteiger partial charge in [0.25, 0.3) is 0 Å². The second-order valence-electron chi connectivity index (χ2n) is 5.87. The van der Waals surface area contributed by atoms with Crippen LogP contribution in [0.4, 0.5) is 0 Å². The van der Waals surface area contributed by atoms with Crippen molar-refractivity contribution in [3.63, 3.8) is 0 Å². The average molecular weight is 326 g/mol. The number of aliphatic hydroxyl groups is 1. The maximum absolute atomic E-state index is 13.0. The average Bonchev–Trinajstić information content (AvgIpc) is 2.92. The van der Waals surface area contributed by atoms with E-state index in [1.807, 2.05) is 0 Å². The summed E-state index contributed by atoms with van der Waals surface area (Å²) < 4.78 is 33.2. The molecule has 2 heterocycles. The molecular weight excluding hydrogens is 304 g/mol. The van der Waals surface area contributed by atoms with Gasteiger partial charge in [-0.15, -0.1) is 0 Å². The van der Waals surface area contributed by atoms with Crippen LogP contribution < -0.4 is 5.32 Å². The Morgan fingerprint density at radius 3 is 2.50 bits per heavy atom. The summed E-state index contributed by atoms with van der Waals surface area (Å²) in [7, 11) is -3.59. The van der Waals surface area contributed by atoms with Crippen molar-refractivity contribution in [2.24, 2.45) is 0 Å². The van der Waals surface area contributed by atoms with Gasteiger partial charge >= 0.3 is 0 Å². The van der Waals surface area contributed by atoms with Gasteiger partial charge in [0.05, 0.1) is 17.6 Å². The fourth-order valence-electron chi connectivity index (χ4n) is 3.19. The standard InChI is InChI=1S/C15H22N2O4S/c1-12(18)13-2-4-14(5-3-13)22(19,20)17-10-11-21-15(17)6-8-16-9-7-15/h2-5,12,16,18H,6-11H2,1H3. The lowest BCUT2D eigenvalue weighted by molar-refractivity contribution is -0.0704. The van der Waals surface area contributed by atoms with Crippen LogP contribution in [0, 0.1) is 0 Å². The highest BCUT2D eigenvalue weighted by molar-refractivity contribution is 7.89. The van der Waals surface area contributed by atoms with Crippen molar-refractivity contribution in [1.29, 1.82) is 0 Å². The van der Waals surface area contributed by atoms with Crippen LogP contribution in [0.15, 0.2) is 29.2 Å². The van der Waals surface area contributed by atoms with Crippen LogP contribution in [0.1, 0.15) is 31.4 Å². The van der Waals surface area contributed by atoms with Crippen LogP contribution >= 0.6 is 0 Å². The van der Waals surface area contributed by atoms with E-state index in [0.29, 0.717) is 31.6 Å². The minimum Gasteiger partial charge on any atom is -0.389 e. The highest BCUT2D eigenvalue weighted by atomic mass is 32.2. The number of sulfonamides is 1. The predicted molar refractivity (Wildman–Crippen MR) is 81.8 cm³/mol. The van der Waals surface area contributed by atoms with E-state index in [2.05, 4.69) is 5.32 Å². The summed E-state index contributed by atoms with van der Waals surface area (Å²) in [6.45, 7) is 3.99. The van der Waals surface area contributed by atoms with Gasteiger partial charge in [0.15, 0.2) is 0 Å². The number of rotatable bonds is 3. The molecule has 2 saturated heterocycles. The molecule has 0 aromatic heterocycles. The smallest absolute Gasteiger partial charge is 0.245 e. The van der Waals surface area contributed by atoms with Crippen LogP contribution in [-0.2, 0) is 14.8 Å². The molecular formula is C15H22N2O4S. The van der Waals surface area contributed by atoms with Crippen LogP contribution in [0.25, 0.3) is 0 Å². The Balaban J connectivity index is 1.91. The first kappa shape index (κ1) is 15.9. The maximum atomic E-state index is 13.0. The third-order valence-electron chi connectivity index (χ3n) is 4.45. The van der Waals surface area contributed by atoms with Crippen molar-refractivity contribution in [2.75, 3.05) is 26.2 Å².